The van der Waals surface area contributed by atoms with E-state index in [0.29, 0.717) is 16.9 Å². The maximum atomic E-state index is 12.6. The number of benzene rings is 2. The molecule has 0 unspecified atom stereocenters. The third-order valence-corrected chi connectivity index (χ3v) is 3.84. The number of carbonyl (C=O) groups is 3. The molecule has 2 aromatic carbocycles. The summed E-state index contributed by atoms with van der Waals surface area (Å²) in [7, 11) is 1.29. The van der Waals surface area contributed by atoms with E-state index in [1.165, 1.54) is 13.2 Å². The number of hydrogen-bond donors (Lipinski definition) is 2. The highest BCUT2D eigenvalue weighted by atomic mass is 16.6. The Bertz CT molecular complexity index is 863. The second-order valence-corrected chi connectivity index (χ2v) is 5.77. The molecule has 2 amide bonds. The smallest absolute Gasteiger partial charge is 0.343 e. The van der Waals surface area contributed by atoms with E-state index < -0.39 is 5.97 Å². The predicted octanol–water partition coefficient (Wildman–Crippen LogP) is 1.97. The molecule has 0 saturated heterocycles. The third kappa shape index (κ3) is 6.28. The Kier molecular flexibility index (Phi) is 7.77. The molecule has 2 aromatic rings. The maximum absolute atomic E-state index is 12.6. The van der Waals surface area contributed by atoms with Crippen LogP contribution in [0.25, 0.3) is 0 Å². The lowest BCUT2D eigenvalue weighted by molar-refractivity contribution is -0.142. The van der Waals surface area contributed by atoms with Crippen LogP contribution in [0.2, 0.25) is 0 Å². The van der Waals surface area contributed by atoms with Crippen LogP contribution in [0.3, 0.4) is 0 Å². The lowest BCUT2D eigenvalue weighted by atomic mass is 10.1. The molecule has 2 N–H and O–H groups in total. The highest BCUT2D eigenvalue weighted by molar-refractivity contribution is 5.96. The van der Waals surface area contributed by atoms with Crippen molar-refractivity contribution in [2.75, 3.05) is 13.7 Å². The molecule has 2 rings (SSSR count). The van der Waals surface area contributed by atoms with Gasteiger partial charge >= 0.3 is 5.97 Å². The first-order valence-corrected chi connectivity index (χ1v) is 8.58. The number of hydrogen-bond acceptors (Lipinski definition) is 5. The van der Waals surface area contributed by atoms with E-state index in [-0.39, 0.29) is 31.5 Å². The van der Waals surface area contributed by atoms with Crippen molar-refractivity contribution in [3.05, 3.63) is 77.9 Å². The first-order chi connectivity index (χ1) is 13.5. The van der Waals surface area contributed by atoms with Gasteiger partial charge in [0.2, 0.25) is 5.91 Å². The van der Waals surface area contributed by atoms with E-state index in [2.05, 4.69) is 21.9 Å². The van der Waals surface area contributed by atoms with Crippen LogP contribution in [0, 0.1) is 0 Å². The Balaban J connectivity index is 1.98. The number of ether oxygens (including phenoxy) is 2. The highest BCUT2D eigenvalue weighted by Crippen LogP contribution is 2.14. The molecule has 28 heavy (non-hydrogen) atoms. The molecular weight excluding hydrogens is 360 g/mol. The number of rotatable bonds is 9. The van der Waals surface area contributed by atoms with E-state index in [4.69, 9.17) is 4.74 Å². The largest absolute Gasteiger partial charge is 0.482 e. The maximum Gasteiger partial charge on any atom is 0.343 e. The molecule has 146 valence electrons. The quantitative estimate of drug-likeness (QED) is 0.511. The Labute approximate surface area is 163 Å². The van der Waals surface area contributed by atoms with E-state index >= 15 is 0 Å². The number of carbonyl (C=O) groups excluding carboxylic acids is 3. The first kappa shape index (κ1) is 20.7. The van der Waals surface area contributed by atoms with Gasteiger partial charge in [-0.3, -0.25) is 9.59 Å². The molecule has 0 aliphatic carbocycles. The molecule has 0 radical (unpaired) electrons. The van der Waals surface area contributed by atoms with Gasteiger partial charge in [0.1, 0.15) is 5.75 Å². The van der Waals surface area contributed by atoms with Crippen LogP contribution in [0.4, 0.5) is 0 Å². The Morgan fingerprint density at radius 2 is 1.82 bits per heavy atom. The van der Waals surface area contributed by atoms with Crippen LogP contribution in [0.1, 0.15) is 21.5 Å². The summed E-state index contributed by atoms with van der Waals surface area (Å²) in [5, 5.41) is 5.50. The summed E-state index contributed by atoms with van der Waals surface area (Å²) >= 11 is 0. The normalized spacial score (nSPS) is 9.89. The molecule has 0 saturated carbocycles. The van der Waals surface area contributed by atoms with Crippen LogP contribution in [0.5, 0.6) is 5.75 Å². The molecule has 7 nitrogen and oxygen atoms in total. The van der Waals surface area contributed by atoms with Crippen LogP contribution >= 0.6 is 0 Å². The van der Waals surface area contributed by atoms with E-state index in [1.807, 2.05) is 6.07 Å². The van der Waals surface area contributed by atoms with Gasteiger partial charge in [-0.15, -0.1) is 0 Å². The van der Waals surface area contributed by atoms with Gasteiger partial charge in [0, 0.05) is 18.7 Å². The fourth-order valence-corrected chi connectivity index (χ4v) is 2.37. The van der Waals surface area contributed by atoms with Gasteiger partial charge < -0.3 is 20.1 Å². The number of amides is 2. The van der Waals surface area contributed by atoms with Gasteiger partial charge in [-0.2, -0.15) is 0 Å². The Morgan fingerprint density at radius 3 is 2.57 bits per heavy atom. The van der Waals surface area contributed by atoms with Crippen LogP contribution in [0.15, 0.2) is 61.2 Å². The zero-order valence-corrected chi connectivity index (χ0v) is 15.6. The summed E-state index contributed by atoms with van der Waals surface area (Å²) < 4.78 is 9.87. The van der Waals surface area contributed by atoms with Gasteiger partial charge in [-0.05, 0) is 35.4 Å². The molecule has 0 spiro atoms. The summed E-state index contributed by atoms with van der Waals surface area (Å²) in [6.07, 6.45) is 1.18. The highest BCUT2D eigenvalue weighted by Gasteiger charge is 2.11. The van der Waals surface area contributed by atoms with Gasteiger partial charge in [-0.1, -0.05) is 36.9 Å². The van der Waals surface area contributed by atoms with Gasteiger partial charge in [-0.25, -0.2) is 4.79 Å². The monoisotopic (exact) mass is 382 g/mol. The summed E-state index contributed by atoms with van der Waals surface area (Å²) in [5.41, 5.74) is 1.99. The van der Waals surface area contributed by atoms with Gasteiger partial charge in [0.25, 0.3) is 5.91 Å². The minimum absolute atomic E-state index is 0.184. The molecule has 0 aliphatic rings. The average molecular weight is 382 g/mol. The fourth-order valence-electron chi connectivity index (χ4n) is 2.37. The lowest BCUT2D eigenvalue weighted by Gasteiger charge is -2.11. The molecular formula is C21H22N2O5. The van der Waals surface area contributed by atoms with Crippen molar-refractivity contribution in [1.29, 1.82) is 0 Å². The zero-order chi connectivity index (χ0) is 20.4. The second-order valence-electron chi connectivity index (χ2n) is 5.77. The standard InChI is InChI=1S/C21H22N2O5/c1-3-19(24)22-13-16-8-4-5-10-18(16)21(26)23-12-15-7-6-9-17(11-15)28-14-20(25)27-2/h3-11H,1,12-14H2,2H3,(H,22,24)(H,23,26). The molecule has 0 heterocycles. The first-order valence-electron chi connectivity index (χ1n) is 8.58. The predicted molar refractivity (Wildman–Crippen MR) is 104 cm³/mol. The van der Waals surface area contributed by atoms with E-state index in [0.717, 1.165) is 5.56 Å². The van der Waals surface area contributed by atoms with Crippen LogP contribution < -0.4 is 15.4 Å². The van der Waals surface area contributed by atoms with Crippen molar-refractivity contribution in [2.24, 2.45) is 0 Å². The Morgan fingerprint density at radius 1 is 1.04 bits per heavy atom. The molecule has 0 bridgehead atoms. The average Bonchev–Trinajstić information content (AvgIpc) is 2.74. The SMILES string of the molecule is C=CC(=O)NCc1ccccc1C(=O)NCc1cccc(OCC(=O)OC)c1. The van der Waals surface area contributed by atoms with E-state index in [9.17, 15) is 14.4 Å². The van der Waals surface area contributed by atoms with Crippen molar-refractivity contribution >= 4 is 17.8 Å². The van der Waals surface area contributed by atoms with Crippen molar-refractivity contribution < 1.29 is 23.9 Å². The van der Waals surface area contributed by atoms with Crippen molar-refractivity contribution in [1.82, 2.24) is 10.6 Å². The molecule has 7 heteroatoms. The third-order valence-electron chi connectivity index (χ3n) is 3.84. The second kappa shape index (κ2) is 10.5. The van der Waals surface area contributed by atoms with Gasteiger partial charge in [0.15, 0.2) is 6.61 Å². The zero-order valence-electron chi connectivity index (χ0n) is 15.6. The van der Waals surface area contributed by atoms with Crippen molar-refractivity contribution in [3.63, 3.8) is 0 Å². The molecule has 0 fully saturated rings. The molecule has 0 aliphatic heterocycles. The summed E-state index contributed by atoms with van der Waals surface area (Å²) in [6.45, 7) is 3.72. The molecule has 0 aromatic heterocycles. The van der Waals surface area contributed by atoms with Crippen LogP contribution in [-0.2, 0) is 27.4 Å². The minimum Gasteiger partial charge on any atom is -0.482 e. The summed E-state index contributed by atoms with van der Waals surface area (Å²) in [6, 6.07) is 14.1. The summed E-state index contributed by atoms with van der Waals surface area (Å²) in [4.78, 5) is 35.1. The van der Waals surface area contributed by atoms with Crippen molar-refractivity contribution in [2.45, 2.75) is 13.1 Å². The fraction of sp³-hybridized carbons (Fsp3) is 0.190. The number of methoxy groups -OCH3 is 1. The lowest BCUT2D eigenvalue weighted by Crippen LogP contribution is -2.26. The minimum atomic E-state index is -0.473. The number of esters is 1. The topological polar surface area (TPSA) is 93.7 Å². The molecule has 0 atom stereocenters. The Hall–Kier alpha value is -3.61. The number of nitrogens with one attached hydrogen (secondary N) is 2. The van der Waals surface area contributed by atoms with Crippen LogP contribution in [-0.4, -0.2) is 31.5 Å². The summed E-state index contributed by atoms with van der Waals surface area (Å²) in [5.74, 6) is -0.535. The van der Waals surface area contributed by atoms with Crippen molar-refractivity contribution in [3.8, 4) is 5.75 Å². The van der Waals surface area contributed by atoms with E-state index in [1.54, 1.807) is 42.5 Å². The van der Waals surface area contributed by atoms with Gasteiger partial charge in [0.05, 0.1) is 7.11 Å².